The average Bonchev–Trinajstić information content (AvgIpc) is 2.70. The van der Waals surface area contributed by atoms with E-state index in [0.717, 1.165) is 16.9 Å². The molecule has 0 saturated heterocycles. The second-order valence-corrected chi connectivity index (χ2v) is 4.23. The van der Waals surface area contributed by atoms with Gasteiger partial charge in [0.25, 0.3) is 0 Å². The first-order valence-corrected chi connectivity index (χ1v) is 5.54. The summed E-state index contributed by atoms with van der Waals surface area (Å²) < 4.78 is 4.70. The highest BCUT2D eigenvalue weighted by Crippen LogP contribution is 2.29. The Balaban J connectivity index is 2.16. The topological polar surface area (TPSA) is 76.4 Å². The number of benzene rings is 1. The Hall–Kier alpha value is -1.82. The van der Waals surface area contributed by atoms with Gasteiger partial charge in [0.05, 0.1) is 7.11 Å². The van der Waals surface area contributed by atoms with Crippen molar-refractivity contribution in [2.75, 3.05) is 17.7 Å². The standard InChI is InChI=1S/C11H13N3O2S/c1-16-10(15)9-4-6-2-3-7(13-11(12)17)5-8(6)14-9/h2-3,5,9,14H,4H2,1H3,(H3,12,13,17). The van der Waals surface area contributed by atoms with Crippen molar-refractivity contribution in [3.05, 3.63) is 23.8 Å². The zero-order valence-electron chi connectivity index (χ0n) is 9.32. The summed E-state index contributed by atoms with van der Waals surface area (Å²) in [5.41, 5.74) is 8.17. The van der Waals surface area contributed by atoms with Crippen LogP contribution in [0.15, 0.2) is 18.2 Å². The van der Waals surface area contributed by atoms with Crippen molar-refractivity contribution in [1.82, 2.24) is 0 Å². The van der Waals surface area contributed by atoms with Crippen LogP contribution < -0.4 is 16.4 Å². The number of thiocarbonyl (C=S) groups is 1. The van der Waals surface area contributed by atoms with Gasteiger partial charge in [0.2, 0.25) is 0 Å². The van der Waals surface area contributed by atoms with Crippen LogP contribution in [0.2, 0.25) is 0 Å². The Labute approximate surface area is 104 Å². The first-order chi connectivity index (χ1) is 8.10. The molecule has 6 heteroatoms. The lowest BCUT2D eigenvalue weighted by Gasteiger charge is -2.08. The van der Waals surface area contributed by atoms with Crippen LogP contribution in [0.1, 0.15) is 5.56 Å². The number of hydrogen-bond acceptors (Lipinski definition) is 4. The maximum absolute atomic E-state index is 11.4. The van der Waals surface area contributed by atoms with E-state index in [9.17, 15) is 4.79 Å². The van der Waals surface area contributed by atoms with Gasteiger partial charge in [-0.2, -0.15) is 0 Å². The molecule has 2 rings (SSSR count). The van der Waals surface area contributed by atoms with Crippen molar-refractivity contribution in [2.24, 2.45) is 5.73 Å². The number of methoxy groups -OCH3 is 1. The molecule has 1 aromatic carbocycles. The largest absolute Gasteiger partial charge is 0.467 e. The van der Waals surface area contributed by atoms with Gasteiger partial charge in [0.15, 0.2) is 5.11 Å². The Kier molecular flexibility index (Phi) is 3.14. The van der Waals surface area contributed by atoms with Crippen LogP contribution in [0, 0.1) is 0 Å². The SMILES string of the molecule is COC(=O)C1Cc2ccc(NC(N)=S)cc2N1. The van der Waals surface area contributed by atoms with Crippen molar-refractivity contribution in [1.29, 1.82) is 0 Å². The summed E-state index contributed by atoms with van der Waals surface area (Å²) in [7, 11) is 1.38. The summed E-state index contributed by atoms with van der Waals surface area (Å²) in [5.74, 6) is -0.259. The molecule has 1 aromatic rings. The summed E-state index contributed by atoms with van der Waals surface area (Å²) >= 11 is 4.76. The van der Waals surface area contributed by atoms with E-state index in [-0.39, 0.29) is 17.1 Å². The van der Waals surface area contributed by atoms with E-state index in [1.165, 1.54) is 7.11 Å². The predicted molar refractivity (Wildman–Crippen MR) is 70.0 cm³/mol. The minimum absolute atomic E-state index is 0.215. The fourth-order valence-electron chi connectivity index (χ4n) is 1.85. The maximum Gasteiger partial charge on any atom is 0.328 e. The molecule has 1 aliphatic rings. The van der Waals surface area contributed by atoms with Crippen molar-refractivity contribution in [3.63, 3.8) is 0 Å². The molecule has 0 aromatic heterocycles. The van der Waals surface area contributed by atoms with Crippen LogP contribution in [0.3, 0.4) is 0 Å². The minimum Gasteiger partial charge on any atom is -0.467 e. The van der Waals surface area contributed by atoms with Gasteiger partial charge in [-0.05, 0) is 29.9 Å². The molecular weight excluding hydrogens is 238 g/mol. The molecule has 4 N–H and O–H groups in total. The summed E-state index contributed by atoms with van der Waals surface area (Å²) in [6.45, 7) is 0. The Morgan fingerprint density at radius 3 is 3.06 bits per heavy atom. The minimum atomic E-state index is -0.310. The lowest BCUT2D eigenvalue weighted by atomic mass is 10.1. The molecule has 5 nitrogen and oxygen atoms in total. The normalized spacial score (nSPS) is 16.9. The van der Waals surface area contributed by atoms with Gasteiger partial charge in [-0.3, -0.25) is 0 Å². The van der Waals surface area contributed by atoms with E-state index < -0.39 is 0 Å². The van der Waals surface area contributed by atoms with Crippen molar-refractivity contribution in [3.8, 4) is 0 Å². The van der Waals surface area contributed by atoms with Gasteiger partial charge in [-0.15, -0.1) is 0 Å². The molecule has 0 spiro atoms. The third-order valence-corrected chi connectivity index (χ3v) is 2.72. The Morgan fingerprint density at radius 1 is 1.65 bits per heavy atom. The Bertz CT molecular complexity index is 476. The lowest BCUT2D eigenvalue weighted by molar-refractivity contribution is -0.141. The van der Waals surface area contributed by atoms with E-state index in [2.05, 4.69) is 10.6 Å². The highest BCUT2D eigenvalue weighted by molar-refractivity contribution is 7.80. The van der Waals surface area contributed by atoms with Crippen molar-refractivity contribution < 1.29 is 9.53 Å². The number of hydrogen-bond donors (Lipinski definition) is 3. The predicted octanol–water partition coefficient (Wildman–Crippen LogP) is 0.852. The number of nitrogens with two attached hydrogens (primary N) is 1. The second-order valence-electron chi connectivity index (χ2n) is 3.79. The monoisotopic (exact) mass is 251 g/mol. The summed E-state index contributed by atoms with van der Waals surface area (Å²) in [6.07, 6.45) is 0.634. The van der Waals surface area contributed by atoms with E-state index >= 15 is 0 Å². The van der Waals surface area contributed by atoms with Crippen LogP contribution in [0.4, 0.5) is 11.4 Å². The number of fused-ring (bicyclic) bond motifs is 1. The fraction of sp³-hybridized carbons (Fsp3) is 0.273. The fourth-order valence-corrected chi connectivity index (χ4v) is 1.97. The van der Waals surface area contributed by atoms with Crippen molar-refractivity contribution in [2.45, 2.75) is 12.5 Å². The molecule has 0 bridgehead atoms. The molecule has 1 atom stereocenters. The van der Waals surface area contributed by atoms with E-state index in [0.29, 0.717) is 6.42 Å². The third kappa shape index (κ3) is 2.47. The molecule has 90 valence electrons. The molecule has 0 saturated carbocycles. The second kappa shape index (κ2) is 4.58. The number of carbonyl (C=O) groups is 1. The van der Waals surface area contributed by atoms with Crippen LogP contribution in [-0.2, 0) is 16.0 Å². The summed E-state index contributed by atoms with van der Waals surface area (Å²) in [4.78, 5) is 11.4. The van der Waals surface area contributed by atoms with E-state index in [4.69, 9.17) is 22.7 Å². The molecule has 0 radical (unpaired) electrons. The summed E-state index contributed by atoms with van der Waals surface area (Å²) in [6, 6.07) is 5.37. The smallest absolute Gasteiger partial charge is 0.328 e. The molecule has 0 amide bonds. The van der Waals surface area contributed by atoms with Crippen molar-refractivity contribution >= 4 is 34.7 Å². The highest BCUT2D eigenvalue weighted by atomic mass is 32.1. The molecule has 1 aliphatic heterocycles. The maximum atomic E-state index is 11.4. The third-order valence-electron chi connectivity index (χ3n) is 2.62. The zero-order valence-corrected chi connectivity index (χ0v) is 10.1. The van der Waals surface area contributed by atoms with Gasteiger partial charge in [-0.25, -0.2) is 4.79 Å². The van der Waals surface area contributed by atoms with E-state index in [1.807, 2.05) is 18.2 Å². The molecule has 17 heavy (non-hydrogen) atoms. The van der Waals surface area contributed by atoms with Crippen LogP contribution >= 0.6 is 12.2 Å². The molecule has 1 unspecified atom stereocenters. The number of esters is 1. The van der Waals surface area contributed by atoms with Gasteiger partial charge < -0.3 is 21.1 Å². The van der Waals surface area contributed by atoms with Crippen LogP contribution in [-0.4, -0.2) is 24.2 Å². The number of anilines is 2. The number of carbonyl (C=O) groups excluding carboxylic acids is 1. The molecule has 1 heterocycles. The Morgan fingerprint density at radius 2 is 2.41 bits per heavy atom. The van der Waals surface area contributed by atoms with Gasteiger partial charge in [0, 0.05) is 17.8 Å². The number of rotatable bonds is 2. The number of ether oxygens (including phenoxy) is 1. The zero-order chi connectivity index (χ0) is 12.4. The van der Waals surface area contributed by atoms with Gasteiger partial charge >= 0.3 is 5.97 Å². The molecule has 0 aliphatic carbocycles. The van der Waals surface area contributed by atoms with Crippen LogP contribution in [0.25, 0.3) is 0 Å². The number of nitrogens with one attached hydrogen (secondary N) is 2. The van der Waals surface area contributed by atoms with Gasteiger partial charge in [-0.1, -0.05) is 6.07 Å². The quantitative estimate of drug-likeness (QED) is 0.534. The van der Waals surface area contributed by atoms with Gasteiger partial charge in [0.1, 0.15) is 6.04 Å². The summed E-state index contributed by atoms with van der Waals surface area (Å²) in [5, 5.41) is 6.16. The first-order valence-electron chi connectivity index (χ1n) is 5.14. The molecular formula is C11H13N3O2S. The highest BCUT2D eigenvalue weighted by Gasteiger charge is 2.27. The first kappa shape index (κ1) is 11.7. The lowest BCUT2D eigenvalue weighted by Crippen LogP contribution is -2.27. The van der Waals surface area contributed by atoms with E-state index in [1.54, 1.807) is 0 Å². The van der Waals surface area contributed by atoms with Crippen LogP contribution in [0.5, 0.6) is 0 Å². The average molecular weight is 251 g/mol. The molecule has 0 fully saturated rings.